The van der Waals surface area contributed by atoms with Crippen LogP contribution in [-0.2, 0) is 17.7 Å². The lowest BCUT2D eigenvalue weighted by molar-refractivity contribution is 0.0997. The average molecular weight is 450 g/mol. The Hall–Kier alpha value is -3.65. The van der Waals surface area contributed by atoms with Crippen molar-refractivity contribution in [1.82, 2.24) is 4.90 Å². The molecule has 164 valence electrons. The first-order valence-electron chi connectivity index (χ1n) is 10.3. The second-order valence-electron chi connectivity index (χ2n) is 7.34. The molecule has 0 atom stereocenters. The van der Waals surface area contributed by atoms with Crippen molar-refractivity contribution in [2.45, 2.75) is 19.9 Å². The van der Waals surface area contributed by atoms with E-state index in [0.29, 0.717) is 42.2 Å². The van der Waals surface area contributed by atoms with E-state index in [0.717, 1.165) is 21.6 Å². The molecule has 3 aromatic rings. The van der Waals surface area contributed by atoms with Crippen LogP contribution in [0.3, 0.4) is 0 Å². The van der Waals surface area contributed by atoms with Crippen molar-refractivity contribution < 1.29 is 19.1 Å². The monoisotopic (exact) mass is 449 g/mol. The van der Waals surface area contributed by atoms with Crippen molar-refractivity contribution in [1.29, 1.82) is 0 Å². The maximum Gasteiger partial charge on any atom is 0.410 e. The number of benzene rings is 2. The molecule has 2 heterocycles. The molecule has 0 spiro atoms. The number of thiophene rings is 1. The van der Waals surface area contributed by atoms with Gasteiger partial charge in [-0.1, -0.05) is 42.5 Å². The predicted octanol–water partition coefficient (Wildman–Crippen LogP) is 4.28. The van der Waals surface area contributed by atoms with E-state index in [2.05, 4.69) is 5.32 Å². The summed E-state index contributed by atoms with van der Waals surface area (Å²) in [6, 6.07) is 17.1. The molecule has 0 radical (unpaired) electrons. The van der Waals surface area contributed by atoms with E-state index in [1.165, 1.54) is 11.3 Å². The minimum absolute atomic E-state index is 0.295. The van der Waals surface area contributed by atoms with E-state index >= 15 is 0 Å². The van der Waals surface area contributed by atoms with Gasteiger partial charge in [0.15, 0.2) is 0 Å². The fourth-order valence-corrected chi connectivity index (χ4v) is 5.01. The largest absolute Gasteiger partial charge is 0.450 e. The number of rotatable bonds is 5. The first-order valence-corrected chi connectivity index (χ1v) is 11.1. The maximum atomic E-state index is 12.9. The number of hydrogen-bond acceptors (Lipinski definition) is 5. The van der Waals surface area contributed by atoms with Crippen LogP contribution in [-0.4, -0.2) is 36.0 Å². The van der Waals surface area contributed by atoms with E-state index in [4.69, 9.17) is 10.5 Å². The highest BCUT2D eigenvalue weighted by Crippen LogP contribution is 2.37. The van der Waals surface area contributed by atoms with Crippen LogP contribution < -0.4 is 11.1 Å². The van der Waals surface area contributed by atoms with E-state index < -0.39 is 12.0 Å². The van der Waals surface area contributed by atoms with Crippen molar-refractivity contribution in [3.63, 3.8) is 0 Å². The van der Waals surface area contributed by atoms with Crippen molar-refractivity contribution in [3.05, 3.63) is 76.2 Å². The van der Waals surface area contributed by atoms with Gasteiger partial charge in [0.05, 0.1) is 18.7 Å². The first kappa shape index (κ1) is 21.6. The molecule has 4 rings (SSSR count). The summed E-state index contributed by atoms with van der Waals surface area (Å²) in [4.78, 5) is 39.5. The van der Waals surface area contributed by atoms with Crippen LogP contribution in [0.5, 0.6) is 0 Å². The van der Waals surface area contributed by atoms with Gasteiger partial charge in [-0.3, -0.25) is 9.59 Å². The highest BCUT2D eigenvalue weighted by molar-refractivity contribution is 7.17. The minimum atomic E-state index is -0.596. The fraction of sp³-hybridized carbons (Fsp3) is 0.208. The minimum Gasteiger partial charge on any atom is -0.450 e. The number of carbonyl (C=O) groups is 3. The first-order chi connectivity index (χ1) is 15.5. The quantitative estimate of drug-likeness (QED) is 0.607. The molecule has 32 heavy (non-hydrogen) atoms. The molecule has 3 amide bonds. The lowest BCUT2D eigenvalue weighted by atomic mass is 10.0. The van der Waals surface area contributed by atoms with Crippen LogP contribution >= 0.6 is 11.3 Å². The summed E-state index contributed by atoms with van der Waals surface area (Å²) in [5.41, 5.74) is 9.29. The number of nitrogens with one attached hydrogen (secondary N) is 1. The topological polar surface area (TPSA) is 102 Å². The van der Waals surface area contributed by atoms with Crippen molar-refractivity contribution >= 4 is 34.2 Å². The highest BCUT2D eigenvalue weighted by Gasteiger charge is 2.30. The summed E-state index contributed by atoms with van der Waals surface area (Å²) in [5.74, 6) is -0.922. The number of carbonyl (C=O) groups excluding carboxylic acids is 3. The van der Waals surface area contributed by atoms with Gasteiger partial charge < -0.3 is 20.7 Å². The van der Waals surface area contributed by atoms with Crippen LogP contribution in [0.15, 0.2) is 54.6 Å². The zero-order valence-electron chi connectivity index (χ0n) is 17.6. The lowest BCUT2D eigenvalue weighted by Crippen LogP contribution is -2.36. The highest BCUT2D eigenvalue weighted by atomic mass is 32.1. The zero-order chi connectivity index (χ0) is 22.7. The number of primary amides is 1. The Morgan fingerprint density at radius 1 is 1.06 bits per heavy atom. The Balaban J connectivity index is 1.55. The molecule has 1 aromatic heterocycles. The van der Waals surface area contributed by atoms with Gasteiger partial charge in [0.25, 0.3) is 11.8 Å². The third kappa shape index (κ3) is 4.36. The summed E-state index contributed by atoms with van der Waals surface area (Å²) < 4.78 is 5.08. The Morgan fingerprint density at radius 2 is 1.75 bits per heavy atom. The molecular weight excluding hydrogens is 426 g/mol. The number of nitrogens with zero attached hydrogens (tertiary/aromatic N) is 1. The van der Waals surface area contributed by atoms with E-state index in [-0.39, 0.29) is 5.91 Å². The van der Waals surface area contributed by atoms with Gasteiger partial charge in [-0.2, -0.15) is 0 Å². The molecule has 0 aliphatic carbocycles. The van der Waals surface area contributed by atoms with E-state index in [1.54, 1.807) is 24.0 Å². The molecule has 3 N–H and O–H groups in total. The molecule has 1 aliphatic heterocycles. The molecular formula is C24H23N3O4S. The summed E-state index contributed by atoms with van der Waals surface area (Å²) in [7, 11) is 0. The van der Waals surface area contributed by atoms with Gasteiger partial charge >= 0.3 is 6.09 Å². The number of fused-ring (bicyclic) bond motifs is 1. The lowest BCUT2D eigenvalue weighted by Gasteiger charge is -2.26. The van der Waals surface area contributed by atoms with Crippen LogP contribution in [0.25, 0.3) is 11.1 Å². The number of amides is 3. The third-order valence-electron chi connectivity index (χ3n) is 5.31. The smallest absolute Gasteiger partial charge is 0.410 e. The van der Waals surface area contributed by atoms with Gasteiger partial charge in [0, 0.05) is 17.0 Å². The van der Waals surface area contributed by atoms with Crippen LogP contribution in [0, 0.1) is 0 Å². The number of ether oxygens (including phenoxy) is 1. The molecule has 0 fully saturated rings. The van der Waals surface area contributed by atoms with Crippen LogP contribution in [0.4, 0.5) is 9.80 Å². The van der Waals surface area contributed by atoms with Gasteiger partial charge in [-0.05, 0) is 42.2 Å². The van der Waals surface area contributed by atoms with E-state index in [9.17, 15) is 14.4 Å². The van der Waals surface area contributed by atoms with Gasteiger partial charge in [0.1, 0.15) is 5.00 Å². The second kappa shape index (κ2) is 9.23. The molecule has 1 aliphatic rings. The second-order valence-corrected chi connectivity index (χ2v) is 8.45. The Morgan fingerprint density at radius 3 is 2.41 bits per heavy atom. The van der Waals surface area contributed by atoms with E-state index in [1.807, 2.05) is 42.5 Å². The normalized spacial score (nSPS) is 12.7. The van der Waals surface area contributed by atoms with Crippen LogP contribution in [0.2, 0.25) is 0 Å². The summed E-state index contributed by atoms with van der Waals surface area (Å²) in [6.07, 6.45) is 0.0844. The summed E-state index contributed by atoms with van der Waals surface area (Å²) >= 11 is 1.27. The summed E-state index contributed by atoms with van der Waals surface area (Å²) in [5, 5.41) is 3.25. The molecule has 2 aromatic carbocycles. The number of nitrogens with two attached hydrogens (primary N) is 1. The zero-order valence-corrected chi connectivity index (χ0v) is 18.4. The van der Waals surface area contributed by atoms with Crippen LogP contribution in [0.1, 0.15) is 38.1 Å². The third-order valence-corrected chi connectivity index (χ3v) is 6.44. The van der Waals surface area contributed by atoms with Gasteiger partial charge in [0.2, 0.25) is 0 Å². The number of anilines is 1. The molecule has 0 saturated carbocycles. The van der Waals surface area contributed by atoms with Gasteiger partial charge in [-0.25, -0.2) is 4.79 Å². The van der Waals surface area contributed by atoms with Gasteiger partial charge in [-0.15, -0.1) is 11.3 Å². The Bertz CT molecular complexity index is 1160. The standard InChI is InChI=1S/C24H23N3O4S/c1-2-31-24(30)27-13-12-18-19(14-27)32-23(20(18)21(25)28)26-22(29)17-10-8-16(9-11-17)15-6-4-3-5-7-15/h3-11H,2,12-14H2,1H3,(H2,25,28)(H,26,29). The average Bonchev–Trinajstić information content (AvgIpc) is 3.17. The maximum absolute atomic E-state index is 12.9. The summed E-state index contributed by atoms with van der Waals surface area (Å²) in [6.45, 7) is 2.80. The predicted molar refractivity (Wildman–Crippen MR) is 124 cm³/mol. The van der Waals surface area contributed by atoms with Crippen molar-refractivity contribution in [3.8, 4) is 11.1 Å². The van der Waals surface area contributed by atoms with Crippen molar-refractivity contribution in [2.75, 3.05) is 18.5 Å². The molecule has 0 unspecified atom stereocenters. The molecule has 8 heteroatoms. The fourth-order valence-electron chi connectivity index (χ4n) is 3.74. The molecule has 0 saturated heterocycles. The van der Waals surface area contributed by atoms with Crippen molar-refractivity contribution in [2.24, 2.45) is 5.73 Å². The Kier molecular flexibility index (Phi) is 6.23. The molecule has 0 bridgehead atoms. The SMILES string of the molecule is CCOC(=O)N1CCc2c(sc(NC(=O)c3ccc(-c4ccccc4)cc3)c2C(N)=O)C1. The molecule has 7 nitrogen and oxygen atoms in total. The number of hydrogen-bond donors (Lipinski definition) is 2. The Labute approximate surface area is 189 Å².